The third kappa shape index (κ3) is 2.75. The van der Waals surface area contributed by atoms with Crippen LogP contribution < -0.4 is 0 Å². The Labute approximate surface area is 176 Å². The molecule has 0 aromatic carbocycles. The van der Waals surface area contributed by atoms with Gasteiger partial charge in [0.05, 0.1) is 6.20 Å². The predicted molar refractivity (Wildman–Crippen MR) is 117 cm³/mol. The number of nitrogens with zero attached hydrogens (tertiary/aromatic N) is 2. The first-order valence-corrected chi connectivity index (χ1v) is 12.2. The number of hydrogen-bond donors (Lipinski definition) is 0. The van der Waals surface area contributed by atoms with Crippen molar-refractivity contribution in [2.45, 2.75) is 92.0 Å². The molecule has 4 aliphatic carbocycles. The summed E-state index contributed by atoms with van der Waals surface area (Å²) in [5.41, 5.74) is 3.81. The number of carbonyl (C=O) groups excluding carboxylic acids is 1. The van der Waals surface area contributed by atoms with E-state index >= 15 is 0 Å². The minimum Gasteiger partial charge on any atom is -0.294 e. The second kappa shape index (κ2) is 6.82. The van der Waals surface area contributed by atoms with Crippen LogP contribution in [0.3, 0.4) is 0 Å². The molecule has 0 radical (unpaired) electrons. The molecule has 4 saturated carbocycles. The van der Waals surface area contributed by atoms with E-state index in [1.807, 2.05) is 10.9 Å². The molecule has 0 spiro atoms. The summed E-state index contributed by atoms with van der Waals surface area (Å²) in [6.07, 6.45) is 16.0. The third-order valence-electron chi connectivity index (χ3n) is 9.99. The number of rotatable bonds is 2. The number of Topliss-reactive ketones (excluding diaryl/α,β-unsaturated/α-hetero) is 1. The van der Waals surface area contributed by atoms with Crippen molar-refractivity contribution in [2.75, 3.05) is 0 Å². The molecule has 3 heteroatoms. The van der Waals surface area contributed by atoms with E-state index in [0.717, 1.165) is 48.3 Å². The minimum absolute atomic E-state index is 0.125. The highest BCUT2D eigenvalue weighted by atomic mass is 16.1. The Kier molecular flexibility index (Phi) is 4.60. The Hall–Kier alpha value is -1.38. The van der Waals surface area contributed by atoms with Gasteiger partial charge in [0.1, 0.15) is 0 Å². The number of carbonyl (C=O) groups is 1. The molecule has 0 unspecified atom stereocenters. The van der Waals surface area contributed by atoms with Gasteiger partial charge in [-0.2, -0.15) is 5.10 Å². The summed E-state index contributed by atoms with van der Waals surface area (Å²) in [6, 6.07) is 0. The Morgan fingerprint density at radius 1 is 1.14 bits per heavy atom. The topological polar surface area (TPSA) is 34.9 Å². The molecule has 0 amide bonds. The average molecular weight is 395 g/mol. The Bertz CT molecular complexity index is 851. The highest BCUT2D eigenvalue weighted by Crippen LogP contribution is 2.66. The van der Waals surface area contributed by atoms with Crippen LogP contribution in [0.5, 0.6) is 0 Å². The molecule has 1 heterocycles. The molecule has 0 saturated heterocycles. The molecule has 158 valence electrons. The van der Waals surface area contributed by atoms with Crippen molar-refractivity contribution in [1.82, 2.24) is 9.78 Å². The zero-order valence-electron chi connectivity index (χ0n) is 18.8. The number of allylic oxidation sites excluding steroid dienone is 1. The van der Waals surface area contributed by atoms with Gasteiger partial charge in [0.25, 0.3) is 0 Å². The fourth-order valence-electron chi connectivity index (χ4n) is 8.20. The fraction of sp³-hybridized carbons (Fsp3) is 0.769. The van der Waals surface area contributed by atoms with Crippen LogP contribution in [-0.2, 0) is 11.3 Å². The van der Waals surface area contributed by atoms with Crippen LogP contribution in [0.15, 0.2) is 11.8 Å². The molecule has 4 aliphatic rings. The summed E-state index contributed by atoms with van der Waals surface area (Å²) >= 11 is 0. The molecule has 0 bridgehead atoms. The van der Waals surface area contributed by atoms with Crippen LogP contribution in [-0.4, -0.2) is 15.6 Å². The first kappa shape index (κ1) is 19.6. The van der Waals surface area contributed by atoms with E-state index in [-0.39, 0.29) is 5.41 Å². The SMILES string of the molecule is CCn1ncc(/C=C2/C[C@H]3[C@@H]4CC[C@@H]5CCCC[C@]5(C)[C@@H]4CC[C@]3(C)C2=O)c1C. The van der Waals surface area contributed by atoms with E-state index in [1.54, 1.807) is 0 Å². The van der Waals surface area contributed by atoms with Crippen LogP contribution >= 0.6 is 0 Å². The van der Waals surface area contributed by atoms with Gasteiger partial charge in [0, 0.05) is 23.2 Å². The van der Waals surface area contributed by atoms with E-state index in [0.29, 0.717) is 17.1 Å². The second-order valence-electron chi connectivity index (χ2n) is 11.1. The molecule has 3 nitrogen and oxygen atoms in total. The number of aryl methyl sites for hydroxylation is 1. The molecule has 29 heavy (non-hydrogen) atoms. The van der Waals surface area contributed by atoms with Crippen molar-refractivity contribution in [3.05, 3.63) is 23.0 Å². The van der Waals surface area contributed by atoms with Gasteiger partial charge in [0.2, 0.25) is 0 Å². The summed E-state index contributed by atoms with van der Waals surface area (Å²) in [7, 11) is 0. The summed E-state index contributed by atoms with van der Waals surface area (Å²) in [4.78, 5) is 13.6. The molecule has 5 rings (SSSR count). The fourth-order valence-corrected chi connectivity index (χ4v) is 8.20. The van der Waals surface area contributed by atoms with Crippen LogP contribution in [0, 0.1) is 41.4 Å². The zero-order valence-corrected chi connectivity index (χ0v) is 18.8. The maximum absolute atomic E-state index is 13.6. The Morgan fingerprint density at radius 3 is 2.72 bits per heavy atom. The lowest BCUT2D eigenvalue weighted by Gasteiger charge is -2.59. The first-order chi connectivity index (χ1) is 13.9. The maximum Gasteiger partial charge on any atom is 0.165 e. The van der Waals surface area contributed by atoms with Gasteiger partial charge < -0.3 is 0 Å². The summed E-state index contributed by atoms with van der Waals surface area (Å²) < 4.78 is 2.03. The van der Waals surface area contributed by atoms with E-state index in [1.165, 1.54) is 50.6 Å². The maximum atomic E-state index is 13.6. The van der Waals surface area contributed by atoms with E-state index < -0.39 is 0 Å². The number of aromatic nitrogens is 2. The summed E-state index contributed by atoms with van der Waals surface area (Å²) in [5, 5.41) is 4.49. The summed E-state index contributed by atoms with van der Waals surface area (Å²) in [6.45, 7) is 10.0. The third-order valence-corrected chi connectivity index (χ3v) is 9.99. The second-order valence-corrected chi connectivity index (χ2v) is 11.1. The van der Waals surface area contributed by atoms with Crippen LogP contribution in [0.1, 0.15) is 89.8 Å². The lowest BCUT2D eigenvalue weighted by Crippen LogP contribution is -2.52. The van der Waals surface area contributed by atoms with Crippen molar-refractivity contribution in [3.8, 4) is 0 Å². The van der Waals surface area contributed by atoms with Crippen molar-refractivity contribution in [2.24, 2.45) is 34.5 Å². The van der Waals surface area contributed by atoms with Crippen LogP contribution in [0.4, 0.5) is 0 Å². The van der Waals surface area contributed by atoms with Gasteiger partial charge in [-0.1, -0.05) is 26.7 Å². The number of fused-ring (bicyclic) bond motifs is 5. The van der Waals surface area contributed by atoms with Gasteiger partial charge in [0.15, 0.2) is 5.78 Å². The van der Waals surface area contributed by atoms with Gasteiger partial charge in [-0.05, 0) is 99.5 Å². The number of ketones is 1. The lowest BCUT2D eigenvalue weighted by molar-refractivity contribution is -0.137. The van der Waals surface area contributed by atoms with E-state index in [4.69, 9.17) is 0 Å². The average Bonchev–Trinajstić information content (AvgIpc) is 3.19. The standard InChI is InChI=1S/C26H38N2O/c1-5-28-17(2)19(16-27-28)14-18-15-23-21-10-9-20-8-6-7-12-25(20,3)22(21)11-13-26(23,4)24(18)29/h14,16,20-23H,5-13,15H2,1-4H3/b18-14-/t20-,21+,22+,23-,25-,26-/m0/s1. The van der Waals surface area contributed by atoms with Gasteiger partial charge in [-0.25, -0.2) is 0 Å². The normalized spacial score (nSPS) is 43.2. The molecule has 6 atom stereocenters. The largest absolute Gasteiger partial charge is 0.294 e. The highest BCUT2D eigenvalue weighted by Gasteiger charge is 2.60. The van der Waals surface area contributed by atoms with Crippen molar-refractivity contribution < 1.29 is 4.79 Å². The smallest absolute Gasteiger partial charge is 0.165 e. The molecule has 0 N–H and O–H groups in total. The quantitative estimate of drug-likeness (QED) is 0.559. The first-order valence-electron chi connectivity index (χ1n) is 12.2. The van der Waals surface area contributed by atoms with Crippen molar-refractivity contribution >= 4 is 11.9 Å². The summed E-state index contributed by atoms with van der Waals surface area (Å²) in [5.74, 6) is 3.54. The zero-order chi connectivity index (χ0) is 20.4. The number of hydrogen-bond acceptors (Lipinski definition) is 2. The highest BCUT2D eigenvalue weighted by molar-refractivity contribution is 6.06. The molecular weight excluding hydrogens is 356 g/mol. The van der Waals surface area contributed by atoms with E-state index in [2.05, 4.69) is 38.9 Å². The van der Waals surface area contributed by atoms with Gasteiger partial charge in [-0.15, -0.1) is 0 Å². The molecule has 1 aromatic rings. The van der Waals surface area contributed by atoms with Gasteiger partial charge >= 0.3 is 0 Å². The molecule has 1 aromatic heterocycles. The van der Waals surface area contributed by atoms with Crippen molar-refractivity contribution in [1.29, 1.82) is 0 Å². The van der Waals surface area contributed by atoms with E-state index in [9.17, 15) is 4.79 Å². The van der Waals surface area contributed by atoms with Crippen molar-refractivity contribution in [3.63, 3.8) is 0 Å². The molecule has 0 aliphatic heterocycles. The van der Waals surface area contributed by atoms with Crippen LogP contribution in [0.2, 0.25) is 0 Å². The van der Waals surface area contributed by atoms with Crippen LogP contribution in [0.25, 0.3) is 6.08 Å². The Balaban J connectivity index is 1.46. The molecular formula is C26H38N2O. The predicted octanol–water partition coefficient (Wildman–Crippen LogP) is 6.21. The monoisotopic (exact) mass is 394 g/mol. The van der Waals surface area contributed by atoms with Gasteiger partial charge in [-0.3, -0.25) is 9.48 Å². The molecule has 4 fully saturated rings. The Morgan fingerprint density at radius 2 is 1.97 bits per heavy atom. The minimum atomic E-state index is -0.125. The lowest BCUT2D eigenvalue weighted by atomic mass is 9.45.